The van der Waals surface area contributed by atoms with Crippen LogP contribution in [0.15, 0.2) is 47.8 Å². The minimum atomic E-state index is -0.382. The second-order valence-electron chi connectivity index (χ2n) is 6.97. The third-order valence-electron chi connectivity index (χ3n) is 4.83. The van der Waals surface area contributed by atoms with Gasteiger partial charge in [0.25, 0.3) is 5.91 Å². The molecule has 0 bridgehead atoms. The van der Waals surface area contributed by atoms with Gasteiger partial charge in [0.15, 0.2) is 6.61 Å². The maximum absolute atomic E-state index is 12.3. The summed E-state index contributed by atoms with van der Waals surface area (Å²) in [6, 6.07) is 12.8. The number of likely N-dealkylation sites (tertiary alicyclic amines) is 1. The Balaban J connectivity index is 1.37. The van der Waals surface area contributed by atoms with Crippen molar-refractivity contribution in [3.63, 3.8) is 0 Å². The predicted octanol–water partition coefficient (Wildman–Crippen LogP) is 3.41. The molecule has 29 heavy (non-hydrogen) atoms. The highest BCUT2D eigenvalue weighted by atomic mass is 32.1. The van der Waals surface area contributed by atoms with Gasteiger partial charge in [-0.3, -0.25) is 9.59 Å². The molecule has 1 fully saturated rings. The predicted molar refractivity (Wildman–Crippen MR) is 112 cm³/mol. The van der Waals surface area contributed by atoms with Crippen molar-refractivity contribution in [2.45, 2.75) is 25.8 Å². The number of nitrogens with one attached hydrogen (secondary N) is 2. The normalized spacial score (nSPS) is 15.4. The zero-order valence-corrected chi connectivity index (χ0v) is 17.1. The fraction of sp³-hybridized carbons (Fsp3) is 0.381. The first-order valence-corrected chi connectivity index (χ1v) is 10.5. The molecule has 1 aliphatic rings. The van der Waals surface area contributed by atoms with E-state index < -0.39 is 0 Å². The van der Waals surface area contributed by atoms with Gasteiger partial charge in [0, 0.05) is 23.7 Å². The maximum Gasteiger partial charge on any atom is 0.321 e. The van der Waals surface area contributed by atoms with Crippen LogP contribution in [0.1, 0.15) is 30.7 Å². The van der Waals surface area contributed by atoms with Crippen LogP contribution >= 0.6 is 11.3 Å². The summed E-state index contributed by atoms with van der Waals surface area (Å²) in [7, 11) is 0. The number of amides is 3. The number of nitrogens with zero attached hydrogens (tertiary/aromatic N) is 1. The first-order chi connectivity index (χ1) is 14.0. The molecule has 2 heterocycles. The van der Waals surface area contributed by atoms with E-state index in [4.69, 9.17) is 4.74 Å². The number of hydrogen-bond donors (Lipinski definition) is 2. The first-order valence-electron chi connectivity index (χ1n) is 9.63. The Morgan fingerprint density at radius 3 is 2.52 bits per heavy atom. The third-order valence-corrected chi connectivity index (χ3v) is 5.89. The number of benzene rings is 1. The molecule has 0 aliphatic carbocycles. The largest absolute Gasteiger partial charge is 0.455 e. The molecule has 0 radical (unpaired) electrons. The van der Waals surface area contributed by atoms with Crippen molar-refractivity contribution in [1.82, 2.24) is 10.2 Å². The average Bonchev–Trinajstić information content (AvgIpc) is 3.28. The lowest BCUT2D eigenvalue weighted by Crippen LogP contribution is -2.43. The van der Waals surface area contributed by atoms with Gasteiger partial charge in [-0.2, -0.15) is 0 Å². The lowest BCUT2D eigenvalue weighted by atomic mass is 9.97. The van der Waals surface area contributed by atoms with Crippen LogP contribution in [0.25, 0.3) is 0 Å². The highest BCUT2D eigenvalue weighted by molar-refractivity contribution is 7.10. The molecule has 3 amide bonds. The number of ether oxygens (including phenoxy) is 1. The molecule has 154 valence electrons. The van der Waals surface area contributed by atoms with Gasteiger partial charge in [0.1, 0.15) is 0 Å². The van der Waals surface area contributed by atoms with E-state index in [1.54, 1.807) is 16.2 Å². The van der Waals surface area contributed by atoms with Crippen molar-refractivity contribution in [2.75, 3.05) is 25.0 Å². The zero-order valence-electron chi connectivity index (χ0n) is 16.3. The molecule has 1 atom stereocenters. The summed E-state index contributed by atoms with van der Waals surface area (Å²) in [5.41, 5.74) is 0.738. The van der Waals surface area contributed by atoms with Gasteiger partial charge in [-0.15, -0.1) is 11.3 Å². The molecule has 2 N–H and O–H groups in total. The van der Waals surface area contributed by atoms with E-state index >= 15 is 0 Å². The Labute approximate surface area is 174 Å². The van der Waals surface area contributed by atoms with E-state index in [9.17, 15) is 14.4 Å². The second-order valence-corrected chi connectivity index (χ2v) is 7.95. The van der Waals surface area contributed by atoms with Crippen molar-refractivity contribution in [3.05, 3.63) is 52.7 Å². The number of esters is 1. The maximum atomic E-state index is 12.3. The molecule has 1 aliphatic heterocycles. The lowest BCUT2D eigenvalue weighted by Gasteiger charge is -2.30. The molecule has 3 rings (SSSR count). The van der Waals surface area contributed by atoms with Gasteiger partial charge in [0.2, 0.25) is 0 Å². The SMILES string of the molecule is C[C@@H](NC(=O)COC(=O)C1CCN(C(=O)Nc2ccccc2)CC1)c1cccs1. The smallest absolute Gasteiger partial charge is 0.321 e. The van der Waals surface area contributed by atoms with E-state index in [0.717, 1.165) is 10.6 Å². The summed E-state index contributed by atoms with van der Waals surface area (Å²) < 4.78 is 5.19. The van der Waals surface area contributed by atoms with E-state index in [0.29, 0.717) is 25.9 Å². The van der Waals surface area contributed by atoms with E-state index in [-0.39, 0.29) is 36.5 Å². The highest BCUT2D eigenvalue weighted by Crippen LogP contribution is 2.20. The summed E-state index contributed by atoms with van der Waals surface area (Å²) >= 11 is 1.56. The standard InChI is InChI=1S/C21H25N3O4S/c1-15(18-8-5-13-29-18)22-19(25)14-28-20(26)16-9-11-24(12-10-16)21(27)23-17-6-3-2-4-7-17/h2-8,13,15-16H,9-12,14H2,1H3,(H,22,25)(H,23,27)/t15-/m1/s1. The van der Waals surface area contributed by atoms with Crippen LogP contribution < -0.4 is 10.6 Å². The number of thiophene rings is 1. The highest BCUT2D eigenvalue weighted by Gasteiger charge is 2.29. The van der Waals surface area contributed by atoms with Crippen molar-refractivity contribution in [1.29, 1.82) is 0 Å². The summed E-state index contributed by atoms with van der Waals surface area (Å²) in [4.78, 5) is 39.3. The van der Waals surface area contributed by atoms with Gasteiger partial charge in [-0.25, -0.2) is 4.79 Å². The van der Waals surface area contributed by atoms with Crippen LogP contribution in [0, 0.1) is 5.92 Å². The molecule has 1 aromatic heterocycles. The minimum Gasteiger partial charge on any atom is -0.455 e. The lowest BCUT2D eigenvalue weighted by molar-refractivity contribution is -0.154. The Morgan fingerprint density at radius 2 is 1.86 bits per heavy atom. The van der Waals surface area contributed by atoms with Crippen molar-refractivity contribution < 1.29 is 19.1 Å². The molecule has 0 spiro atoms. The number of carbonyl (C=O) groups excluding carboxylic acids is 3. The minimum absolute atomic E-state index is 0.118. The molecule has 1 saturated heterocycles. The topological polar surface area (TPSA) is 87.7 Å². The van der Waals surface area contributed by atoms with Gasteiger partial charge in [0.05, 0.1) is 12.0 Å². The molecule has 8 heteroatoms. The third kappa shape index (κ3) is 6.05. The molecule has 2 aromatic rings. The van der Waals surface area contributed by atoms with Crippen LogP contribution in [0.2, 0.25) is 0 Å². The Kier molecular flexibility index (Phi) is 7.24. The van der Waals surface area contributed by atoms with Crippen molar-refractivity contribution >= 4 is 34.9 Å². The Morgan fingerprint density at radius 1 is 1.14 bits per heavy atom. The fourth-order valence-corrected chi connectivity index (χ4v) is 3.92. The number of para-hydroxylation sites is 1. The van der Waals surface area contributed by atoms with Gasteiger partial charge < -0.3 is 20.3 Å². The summed E-state index contributed by atoms with van der Waals surface area (Å²) in [5.74, 6) is -0.996. The second kappa shape index (κ2) is 10.1. The van der Waals surface area contributed by atoms with Gasteiger partial charge >= 0.3 is 12.0 Å². The first kappa shape index (κ1) is 20.9. The number of rotatable bonds is 6. The van der Waals surface area contributed by atoms with Crippen LogP contribution in [-0.2, 0) is 14.3 Å². The molecule has 0 unspecified atom stereocenters. The van der Waals surface area contributed by atoms with Crippen LogP contribution in [-0.4, -0.2) is 42.5 Å². The van der Waals surface area contributed by atoms with E-state index in [1.165, 1.54) is 0 Å². The quantitative estimate of drug-likeness (QED) is 0.708. The number of urea groups is 1. The monoisotopic (exact) mass is 415 g/mol. The Hall–Kier alpha value is -2.87. The number of carbonyl (C=O) groups is 3. The number of piperidine rings is 1. The van der Waals surface area contributed by atoms with Gasteiger partial charge in [-0.1, -0.05) is 24.3 Å². The summed E-state index contributed by atoms with van der Waals surface area (Å²) in [6.07, 6.45) is 1.04. The van der Waals surface area contributed by atoms with Crippen molar-refractivity contribution in [3.8, 4) is 0 Å². The van der Waals surface area contributed by atoms with Crippen molar-refractivity contribution in [2.24, 2.45) is 5.92 Å². The Bertz CT molecular complexity index is 818. The number of anilines is 1. The summed E-state index contributed by atoms with van der Waals surface area (Å²) in [6.45, 7) is 2.55. The van der Waals surface area contributed by atoms with Gasteiger partial charge in [-0.05, 0) is 43.3 Å². The van der Waals surface area contributed by atoms with E-state index in [1.807, 2.05) is 54.8 Å². The number of hydrogen-bond acceptors (Lipinski definition) is 5. The fourth-order valence-electron chi connectivity index (χ4n) is 3.19. The van der Waals surface area contributed by atoms with E-state index in [2.05, 4.69) is 10.6 Å². The average molecular weight is 416 g/mol. The summed E-state index contributed by atoms with van der Waals surface area (Å²) in [5, 5.41) is 7.61. The van der Waals surface area contributed by atoms with Crippen LogP contribution in [0.3, 0.4) is 0 Å². The molecular formula is C21H25N3O4S. The molecule has 7 nitrogen and oxygen atoms in total. The molecule has 1 aromatic carbocycles. The zero-order chi connectivity index (χ0) is 20.6. The molecule has 0 saturated carbocycles. The molecular weight excluding hydrogens is 390 g/mol. The van der Waals surface area contributed by atoms with Crippen LogP contribution in [0.4, 0.5) is 10.5 Å². The van der Waals surface area contributed by atoms with Crippen LogP contribution in [0.5, 0.6) is 0 Å².